The number of carbonyl (C=O) groups is 2. The van der Waals surface area contributed by atoms with Gasteiger partial charge in [-0.2, -0.15) is 0 Å². The Morgan fingerprint density at radius 1 is 1.30 bits per heavy atom. The number of thiophene rings is 1. The molecule has 0 radical (unpaired) electrons. The van der Waals surface area contributed by atoms with Crippen molar-refractivity contribution in [2.75, 3.05) is 6.54 Å². The quantitative estimate of drug-likeness (QED) is 0.328. The Bertz CT molecular complexity index is 926. The van der Waals surface area contributed by atoms with Crippen molar-refractivity contribution in [3.8, 4) is 5.75 Å². The van der Waals surface area contributed by atoms with Crippen LogP contribution in [0.1, 0.15) is 33.6 Å². The Hall–Kier alpha value is -2.45. The van der Waals surface area contributed by atoms with E-state index in [0.29, 0.717) is 39.7 Å². The summed E-state index contributed by atoms with van der Waals surface area (Å²) in [7, 11) is 0. The van der Waals surface area contributed by atoms with Crippen LogP contribution >= 0.6 is 22.9 Å². The molecule has 1 aliphatic rings. The van der Waals surface area contributed by atoms with Crippen molar-refractivity contribution >= 4 is 40.5 Å². The number of carbonyl (C=O) groups excluding carboxylic acids is 2. The minimum atomic E-state index is -0.687. The molecule has 1 amide bonds. The SMILES string of the molecule is Cc1cc([N+](=O)[O-])c(C)cc1OC(=O)[C@@H]1CCCN1C(=O)c1ccc(Cl)s1. The third-order valence-electron chi connectivity index (χ3n) is 4.47. The van der Waals surface area contributed by atoms with Crippen molar-refractivity contribution in [2.45, 2.75) is 32.7 Å². The Morgan fingerprint density at radius 2 is 2.04 bits per heavy atom. The van der Waals surface area contributed by atoms with Crippen molar-refractivity contribution in [1.82, 2.24) is 4.90 Å². The number of aryl methyl sites for hydroxylation is 2. The van der Waals surface area contributed by atoms with Crippen LogP contribution in [0, 0.1) is 24.0 Å². The van der Waals surface area contributed by atoms with Crippen LogP contribution in [0.2, 0.25) is 4.34 Å². The Kier molecular flexibility index (Phi) is 5.48. The molecule has 2 aromatic rings. The van der Waals surface area contributed by atoms with Crippen LogP contribution in [-0.2, 0) is 4.79 Å². The largest absolute Gasteiger partial charge is 0.425 e. The molecule has 7 nitrogen and oxygen atoms in total. The maximum atomic E-state index is 12.7. The van der Waals surface area contributed by atoms with Crippen molar-refractivity contribution in [2.24, 2.45) is 0 Å². The van der Waals surface area contributed by atoms with Gasteiger partial charge in [0.1, 0.15) is 11.8 Å². The number of nitrogens with zero attached hydrogens (tertiary/aromatic N) is 2. The van der Waals surface area contributed by atoms with Crippen LogP contribution in [0.3, 0.4) is 0 Å². The summed E-state index contributed by atoms with van der Waals surface area (Å²) in [6, 6.07) is 5.45. The fraction of sp³-hybridized carbons (Fsp3) is 0.333. The van der Waals surface area contributed by atoms with Gasteiger partial charge in [0, 0.05) is 18.2 Å². The smallest absolute Gasteiger partial charge is 0.334 e. The number of esters is 1. The van der Waals surface area contributed by atoms with Crippen molar-refractivity contribution < 1.29 is 19.2 Å². The lowest BCUT2D eigenvalue weighted by Crippen LogP contribution is -2.42. The molecule has 2 heterocycles. The van der Waals surface area contributed by atoms with E-state index >= 15 is 0 Å². The van der Waals surface area contributed by atoms with Crippen molar-refractivity contribution in [3.63, 3.8) is 0 Å². The first kappa shape index (κ1) is 19.3. The summed E-state index contributed by atoms with van der Waals surface area (Å²) in [5.41, 5.74) is 0.863. The van der Waals surface area contributed by atoms with Crippen molar-refractivity contribution in [1.29, 1.82) is 0 Å². The minimum Gasteiger partial charge on any atom is -0.425 e. The highest BCUT2D eigenvalue weighted by Gasteiger charge is 2.36. The molecule has 0 aliphatic carbocycles. The zero-order valence-electron chi connectivity index (χ0n) is 14.7. The third-order valence-corrected chi connectivity index (χ3v) is 5.69. The molecule has 0 spiro atoms. The molecule has 0 unspecified atom stereocenters. The Morgan fingerprint density at radius 3 is 2.67 bits per heavy atom. The molecule has 1 saturated heterocycles. The molecule has 142 valence electrons. The summed E-state index contributed by atoms with van der Waals surface area (Å²) in [5, 5.41) is 11.0. The van der Waals surface area contributed by atoms with Gasteiger partial charge in [0.2, 0.25) is 0 Å². The van der Waals surface area contributed by atoms with Gasteiger partial charge in [-0.05, 0) is 50.5 Å². The van der Waals surface area contributed by atoms with Gasteiger partial charge in [-0.1, -0.05) is 11.6 Å². The van der Waals surface area contributed by atoms with Gasteiger partial charge in [0.05, 0.1) is 14.1 Å². The van der Waals surface area contributed by atoms with E-state index in [1.165, 1.54) is 28.4 Å². The van der Waals surface area contributed by atoms with Crippen LogP contribution in [0.5, 0.6) is 5.75 Å². The van der Waals surface area contributed by atoms with Gasteiger partial charge < -0.3 is 9.64 Å². The predicted molar refractivity (Wildman–Crippen MR) is 102 cm³/mol. The van der Waals surface area contributed by atoms with Crippen LogP contribution < -0.4 is 4.74 Å². The average molecular weight is 409 g/mol. The highest BCUT2D eigenvalue weighted by Crippen LogP contribution is 2.30. The van der Waals surface area contributed by atoms with Gasteiger partial charge in [0.25, 0.3) is 11.6 Å². The number of benzene rings is 1. The van der Waals surface area contributed by atoms with Crippen LogP contribution in [0.25, 0.3) is 0 Å². The lowest BCUT2D eigenvalue weighted by molar-refractivity contribution is -0.385. The second kappa shape index (κ2) is 7.66. The summed E-state index contributed by atoms with van der Waals surface area (Å²) < 4.78 is 6.00. The van der Waals surface area contributed by atoms with Gasteiger partial charge >= 0.3 is 5.97 Å². The zero-order valence-corrected chi connectivity index (χ0v) is 16.3. The molecule has 0 bridgehead atoms. The van der Waals surface area contributed by atoms with Gasteiger partial charge in [0.15, 0.2) is 0 Å². The third kappa shape index (κ3) is 3.96. The molecule has 1 fully saturated rings. The molecule has 1 atom stereocenters. The van der Waals surface area contributed by atoms with Crippen molar-refractivity contribution in [3.05, 3.63) is 54.7 Å². The molecule has 27 heavy (non-hydrogen) atoms. The van der Waals surface area contributed by atoms with E-state index in [-0.39, 0.29) is 17.3 Å². The molecule has 1 aliphatic heterocycles. The van der Waals surface area contributed by atoms with E-state index in [9.17, 15) is 19.7 Å². The number of nitro benzene ring substituents is 1. The van der Waals surface area contributed by atoms with E-state index in [2.05, 4.69) is 0 Å². The van der Waals surface area contributed by atoms with E-state index < -0.39 is 16.9 Å². The number of likely N-dealkylation sites (tertiary alicyclic amines) is 1. The highest BCUT2D eigenvalue weighted by molar-refractivity contribution is 7.17. The summed E-state index contributed by atoms with van der Waals surface area (Å²) in [6.45, 7) is 3.69. The topological polar surface area (TPSA) is 89.8 Å². The molecule has 3 rings (SSSR count). The first-order chi connectivity index (χ1) is 12.8. The van der Waals surface area contributed by atoms with Gasteiger partial charge in [-0.25, -0.2) is 4.79 Å². The number of amides is 1. The molecular weight excluding hydrogens is 392 g/mol. The number of hydrogen-bond donors (Lipinski definition) is 0. The normalized spacial score (nSPS) is 16.4. The fourth-order valence-corrected chi connectivity index (χ4v) is 4.08. The number of nitro groups is 1. The summed E-state index contributed by atoms with van der Waals surface area (Å²) in [5.74, 6) is -0.524. The lowest BCUT2D eigenvalue weighted by atomic mass is 10.1. The molecular formula is C18H17ClN2O5S. The Balaban J connectivity index is 1.78. The number of hydrogen-bond acceptors (Lipinski definition) is 6. The molecule has 1 aromatic carbocycles. The minimum absolute atomic E-state index is 0.0282. The summed E-state index contributed by atoms with van der Waals surface area (Å²) in [4.78, 5) is 37.9. The molecule has 0 saturated carbocycles. The van der Waals surface area contributed by atoms with E-state index in [1.807, 2.05) is 0 Å². The first-order valence-corrected chi connectivity index (χ1v) is 9.51. The predicted octanol–water partition coefficient (Wildman–Crippen LogP) is 4.14. The number of ether oxygens (including phenoxy) is 1. The monoisotopic (exact) mass is 408 g/mol. The lowest BCUT2D eigenvalue weighted by Gasteiger charge is -2.23. The highest BCUT2D eigenvalue weighted by atomic mass is 35.5. The van der Waals surface area contributed by atoms with Gasteiger partial charge in [-0.15, -0.1) is 11.3 Å². The zero-order chi connectivity index (χ0) is 19.7. The van der Waals surface area contributed by atoms with Crippen LogP contribution in [0.15, 0.2) is 24.3 Å². The summed E-state index contributed by atoms with van der Waals surface area (Å²) >= 11 is 7.06. The second-order valence-corrected chi connectivity index (χ2v) is 8.06. The fourth-order valence-electron chi connectivity index (χ4n) is 3.08. The summed E-state index contributed by atoms with van der Waals surface area (Å²) in [6.07, 6.45) is 1.21. The van der Waals surface area contributed by atoms with Gasteiger partial charge in [-0.3, -0.25) is 14.9 Å². The van der Waals surface area contributed by atoms with Crippen LogP contribution in [0.4, 0.5) is 5.69 Å². The van der Waals surface area contributed by atoms with E-state index in [1.54, 1.807) is 26.0 Å². The molecule has 1 aromatic heterocycles. The molecule has 9 heteroatoms. The number of rotatable bonds is 4. The first-order valence-electron chi connectivity index (χ1n) is 8.31. The Labute approximate surface area is 164 Å². The average Bonchev–Trinajstić information content (AvgIpc) is 3.26. The standard InChI is InChI=1S/C18H17ClN2O5S/c1-10-9-14(11(2)8-13(10)21(24)25)26-18(23)12-4-3-7-20(12)17(22)15-5-6-16(19)27-15/h5-6,8-9,12H,3-4,7H2,1-2H3/t12-/m0/s1. The maximum absolute atomic E-state index is 12.7. The molecule has 0 N–H and O–H groups in total. The van der Waals surface area contributed by atoms with E-state index in [4.69, 9.17) is 16.3 Å². The second-order valence-electron chi connectivity index (χ2n) is 6.34. The maximum Gasteiger partial charge on any atom is 0.334 e. The number of halogens is 1. The van der Waals surface area contributed by atoms with Crippen LogP contribution in [-0.4, -0.2) is 34.3 Å². The van der Waals surface area contributed by atoms with E-state index in [0.717, 1.165) is 0 Å².